The predicted octanol–water partition coefficient (Wildman–Crippen LogP) is 3.42. The molecular formula is C18H22F2N2O2. The molecule has 0 amide bonds. The van der Waals surface area contributed by atoms with Crippen molar-refractivity contribution in [3.8, 4) is 5.75 Å². The summed E-state index contributed by atoms with van der Waals surface area (Å²) >= 11 is 0. The number of ether oxygens (including phenoxy) is 1. The van der Waals surface area contributed by atoms with Gasteiger partial charge in [0.2, 0.25) is 5.92 Å². The quantitative estimate of drug-likeness (QED) is 0.910. The molecule has 1 aliphatic heterocycles. The lowest BCUT2D eigenvalue weighted by molar-refractivity contribution is -0.00220. The molecule has 0 aliphatic carbocycles. The first kappa shape index (κ1) is 16.9. The summed E-state index contributed by atoms with van der Waals surface area (Å²) in [6.07, 6.45) is 3.25. The van der Waals surface area contributed by atoms with Gasteiger partial charge in [-0.05, 0) is 49.4 Å². The van der Waals surface area contributed by atoms with Crippen LogP contribution in [-0.2, 0) is 0 Å². The van der Waals surface area contributed by atoms with Gasteiger partial charge in [-0.3, -0.25) is 4.79 Å². The maximum Gasteiger partial charge on any atom is 0.255 e. The first-order valence-corrected chi connectivity index (χ1v) is 8.29. The maximum absolute atomic E-state index is 12.9. The Morgan fingerprint density at radius 2 is 2.04 bits per heavy atom. The highest BCUT2D eigenvalue weighted by atomic mass is 19.3. The molecule has 1 aromatic carbocycles. The Morgan fingerprint density at radius 1 is 1.29 bits per heavy atom. The molecule has 1 saturated heterocycles. The van der Waals surface area contributed by atoms with E-state index in [4.69, 9.17) is 4.74 Å². The van der Waals surface area contributed by atoms with Crippen LogP contribution in [0.4, 0.5) is 8.78 Å². The molecule has 130 valence electrons. The summed E-state index contributed by atoms with van der Waals surface area (Å²) in [5.41, 5.74) is -0.111. The third-order valence-electron chi connectivity index (χ3n) is 4.45. The Balaban J connectivity index is 1.55. The number of aromatic amines is 1. The monoisotopic (exact) mass is 336 g/mol. The van der Waals surface area contributed by atoms with Crippen LogP contribution >= 0.6 is 0 Å². The number of nitrogens with one attached hydrogen (secondary N) is 1. The molecule has 0 radical (unpaired) electrons. The summed E-state index contributed by atoms with van der Waals surface area (Å²) in [6, 6.07) is 7.29. The number of likely N-dealkylation sites (tertiary alicyclic amines) is 1. The topological polar surface area (TPSA) is 45.3 Å². The van der Waals surface area contributed by atoms with E-state index in [1.165, 1.54) is 0 Å². The molecule has 3 rings (SSSR count). The highest BCUT2D eigenvalue weighted by molar-refractivity contribution is 5.82. The van der Waals surface area contributed by atoms with Crippen LogP contribution in [0.5, 0.6) is 5.75 Å². The van der Waals surface area contributed by atoms with Gasteiger partial charge < -0.3 is 14.6 Å². The number of halogens is 2. The normalized spacial score (nSPS) is 17.3. The summed E-state index contributed by atoms with van der Waals surface area (Å²) in [4.78, 5) is 16.4. The van der Waals surface area contributed by atoms with Crippen LogP contribution < -0.4 is 10.3 Å². The van der Waals surface area contributed by atoms with Gasteiger partial charge in [0.25, 0.3) is 5.56 Å². The van der Waals surface area contributed by atoms with Gasteiger partial charge in [0.1, 0.15) is 11.9 Å². The Bertz CT molecular complexity index is 747. The molecule has 0 spiro atoms. The molecule has 0 saturated carbocycles. The fourth-order valence-electron chi connectivity index (χ4n) is 3.04. The van der Waals surface area contributed by atoms with Gasteiger partial charge >= 0.3 is 0 Å². The van der Waals surface area contributed by atoms with Crippen LogP contribution in [0.15, 0.2) is 35.3 Å². The van der Waals surface area contributed by atoms with Crippen molar-refractivity contribution < 1.29 is 13.5 Å². The van der Waals surface area contributed by atoms with Crippen LogP contribution in [0, 0.1) is 0 Å². The lowest BCUT2D eigenvalue weighted by atomic mass is 10.1. The second kappa shape index (κ2) is 6.89. The summed E-state index contributed by atoms with van der Waals surface area (Å²) < 4.78 is 31.9. The third-order valence-corrected chi connectivity index (χ3v) is 4.45. The second-order valence-electron chi connectivity index (χ2n) is 6.53. The first-order valence-electron chi connectivity index (χ1n) is 8.29. The Kier molecular flexibility index (Phi) is 4.85. The van der Waals surface area contributed by atoms with E-state index in [2.05, 4.69) is 9.88 Å². The Hall–Kier alpha value is -1.95. The van der Waals surface area contributed by atoms with E-state index in [0.717, 1.165) is 44.0 Å². The average molecular weight is 336 g/mol. The Labute approximate surface area is 139 Å². The number of rotatable bonds is 5. The molecule has 24 heavy (non-hydrogen) atoms. The largest absolute Gasteiger partial charge is 0.490 e. The lowest BCUT2D eigenvalue weighted by Gasteiger charge is -2.32. The maximum atomic E-state index is 12.9. The van der Waals surface area contributed by atoms with Crippen molar-refractivity contribution in [1.82, 2.24) is 9.88 Å². The van der Waals surface area contributed by atoms with Crippen molar-refractivity contribution in [1.29, 1.82) is 0 Å². The third kappa shape index (κ3) is 4.32. The van der Waals surface area contributed by atoms with E-state index in [0.29, 0.717) is 11.9 Å². The number of fused-ring (bicyclic) bond motifs is 1. The number of hydrogen-bond acceptors (Lipinski definition) is 3. The molecular weight excluding hydrogens is 314 g/mol. The van der Waals surface area contributed by atoms with E-state index in [1.54, 1.807) is 12.3 Å². The minimum absolute atomic E-state index is 0.0860. The highest BCUT2D eigenvalue weighted by Gasteiger charge is 2.25. The van der Waals surface area contributed by atoms with Crippen LogP contribution in [0.2, 0.25) is 0 Å². The summed E-state index contributed by atoms with van der Waals surface area (Å²) in [5.74, 6) is -1.86. The lowest BCUT2D eigenvalue weighted by Crippen LogP contribution is -2.39. The Morgan fingerprint density at radius 3 is 2.75 bits per heavy atom. The fraction of sp³-hybridized carbons (Fsp3) is 0.500. The minimum Gasteiger partial charge on any atom is -0.490 e. The number of alkyl halides is 2. The van der Waals surface area contributed by atoms with Gasteiger partial charge in [-0.25, -0.2) is 8.78 Å². The zero-order valence-electron chi connectivity index (χ0n) is 13.7. The molecule has 1 aromatic heterocycles. The number of nitrogens with zero attached hydrogens (tertiary/aromatic N) is 1. The van der Waals surface area contributed by atoms with Crippen molar-refractivity contribution in [3.63, 3.8) is 0 Å². The molecule has 1 N–H and O–H groups in total. The van der Waals surface area contributed by atoms with E-state index in [1.807, 2.05) is 18.2 Å². The molecule has 2 heterocycles. The van der Waals surface area contributed by atoms with Gasteiger partial charge in [-0.2, -0.15) is 0 Å². The van der Waals surface area contributed by atoms with Crippen LogP contribution in [0.25, 0.3) is 10.8 Å². The average Bonchev–Trinajstić information content (AvgIpc) is 2.54. The predicted molar refractivity (Wildman–Crippen MR) is 89.9 cm³/mol. The molecule has 2 aromatic rings. The smallest absolute Gasteiger partial charge is 0.255 e. The fourth-order valence-corrected chi connectivity index (χ4v) is 3.04. The van der Waals surface area contributed by atoms with Gasteiger partial charge in [0, 0.05) is 37.6 Å². The van der Waals surface area contributed by atoms with Crippen LogP contribution in [0.1, 0.15) is 26.2 Å². The summed E-state index contributed by atoms with van der Waals surface area (Å²) in [7, 11) is 0. The van der Waals surface area contributed by atoms with Crippen molar-refractivity contribution in [2.24, 2.45) is 0 Å². The highest BCUT2D eigenvalue weighted by Crippen LogP contribution is 2.23. The molecule has 0 atom stereocenters. The van der Waals surface area contributed by atoms with E-state index in [9.17, 15) is 13.6 Å². The molecule has 4 nitrogen and oxygen atoms in total. The molecule has 6 heteroatoms. The standard InChI is InChI=1S/C18H22F2N2O2/c1-18(19,20)7-11-22-9-5-14(6-10-22)24-15-2-3-16-13(12-15)4-8-21-17(16)23/h2-4,8,12,14H,5-7,9-11H2,1H3,(H,21,23). The van der Waals surface area contributed by atoms with E-state index < -0.39 is 5.92 Å². The second-order valence-corrected chi connectivity index (χ2v) is 6.53. The van der Waals surface area contributed by atoms with Crippen LogP contribution in [-0.4, -0.2) is 41.5 Å². The van der Waals surface area contributed by atoms with Gasteiger partial charge in [0.05, 0.1) is 0 Å². The van der Waals surface area contributed by atoms with Crippen molar-refractivity contribution >= 4 is 10.8 Å². The summed E-state index contributed by atoms with van der Waals surface area (Å²) in [6.45, 7) is 2.94. The first-order chi connectivity index (χ1) is 11.4. The van der Waals surface area contributed by atoms with Gasteiger partial charge in [0.15, 0.2) is 0 Å². The van der Waals surface area contributed by atoms with Crippen molar-refractivity contribution in [2.75, 3.05) is 19.6 Å². The number of pyridine rings is 1. The van der Waals surface area contributed by atoms with Crippen molar-refractivity contribution in [2.45, 2.75) is 38.2 Å². The van der Waals surface area contributed by atoms with Gasteiger partial charge in [-0.15, -0.1) is 0 Å². The molecule has 1 fully saturated rings. The molecule has 1 aliphatic rings. The molecule has 0 unspecified atom stereocenters. The number of benzene rings is 1. The van der Waals surface area contributed by atoms with E-state index in [-0.39, 0.29) is 18.1 Å². The SMILES string of the molecule is CC(F)(F)CCN1CCC(Oc2ccc3c(=O)[nH]ccc3c2)CC1. The number of piperidine rings is 1. The van der Waals surface area contributed by atoms with Crippen molar-refractivity contribution in [3.05, 3.63) is 40.8 Å². The minimum atomic E-state index is -2.60. The zero-order chi connectivity index (χ0) is 17.2. The van der Waals surface area contributed by atoms with E-state index >= 15 is 0 Å². The number of hydrogen-bond donors (Lipinski definition) is 1. The zero-order valence-corrected chi connectivity index (χ0v) is 13.7. The summed E-state index contributed by atoms with van der Waals surface area (Å²) in [5, 5.41) is 1.49. The molecule has 0 bridgehead atoms. The van der Waals surface area contributed by atoms with Crippen LogP contribution in [0.3, 0.4) is 0 Å². The van der Waals surface area contributed by atoms with Gasteiger partial charge in [-0.1, -0.05) is 0 Å². The number of H-pyrrole nitrogens is 1. The number of aromatic nitrogens is 1.